The Balaban J connectivity index is 1.72. The molecule has 0 saturated carbocycles. The first-order valence-corrected chi connectivity index (χ1v) is 7.79. The second-order valence-electron chi connectivity index (χ2n) is 5.28. The lowest BCUT2D eigenvalue weighted by Gasteiger charge is -2.07. The predicted octanol–water partition coefficient (Wildman–Crippen LogP) is 1.92. The molecule has 2 rings (SSSR count). The molecule has 0 unspecified atom stereocenters. The van der Waals surface area contributed by atoms with Crippen LogP contribution in [0.1, 0.15) is 5.56 Å². The lowest BCUT2D eigenvalue weighted by molar-refractivity contribution is -0.114. The molecule has 0 spiro atoms. The molecule has 0 heterocycles. The first-order valence-electron chi connectivity index (χ1n) is 7.79. The van der Waals surface area contributed by atoms with E-state index in [2.05, 4.69) is 15.6 Å². The zero-order valence-corrected chi connectivity index (χ0v) is 14.0. The van der Waals surface area contributed by atoms with Crippen LogP contribution in [-0.2, 0) is 11.2 Å². The number of nitrogens with one attached hydrogen (secondary N) is 2. The molecule has 1 amide bonds. The number of benzene rings is 2. The summed E-state index contributed by atoms with van der Waals surface area (Å²) in [6, 6.07) is 13.4. The molecule has 0 aromatic heterocycles. The fourth-order valence-electron chi connectivity index (χ4n) is 2.11. The summed E-state index contributed by atoms with van der Waals surface area (Å²) in [5.74, 6) is 0.205. The molecular formula is C18H21FN4O2. The number of rotatable bonds is 7. The molecule has 2 aromatic carbocycles. The molecule has 0 fully saturated rings. The van der Waals surface area contributed by atoms with Gasteiger partial charge in [-0.15, -0.1) is 0 Å². The van der Waals surface area contributed by atoms with Crippen molar-refractivity contribution in [3.05, 3.63) is 59.9 Å². The summed E-state index contributed by atoms with van der Waals surface area (Å²) in [5.41, 5.74) is 7.24. The van der Waals surface area contributed by atoms with Crippen molar-refractivity contribution in [2.75, 3.05) is 25.5 Å². The van der Waals surface area contributed by atoms with E-state index >= 15 is 0 Å². The van der Waals surface area contributed by atoms with Gasteiger partial charge in [0.05, 0.1) is 7.11 Å². The van der Waals surface area contributed by atoms with Crippen LogP contribution in [0.15, 0.2) is 53.5 Å². The Bertz CT molecular complexity index is 732. The van der Waals surface area contributed by atoms with Crippen LogP contribution in [0, 0.1) is 5.82 Å². The number of methoxy groups -OCH3 is 1. The molecule has 6 nitrogen and oxygen atoms in total. The lowest BCUT2D eigenvalue weighted by Crippen LogP contribution is -2.34. The van der Waals surface area contributed by atoms with E-state index in [-0.39, 0.29) is 18.4 Å². The zero-order valence-electron chi connectivity index (χ0n) is 14.0. The maximum Gasteiger partial charge on any atom is 0.246 e. The van der Waals surface area contributed by atoms with Gasteiger partial charge in [-0.1, -0.05) is 18.2 Å². The van der Waals surface area contributed by atoms with Crippen LogP contribution < -0.4 is 21.1 Å². The number of ether oxygens (including phenoxy) is 1. The van der Waals surface area contributed by atoms with E-state index in [4.69, 9.17) is 10.5 Å². The average molecular weight is 344 g/mol. The first kappa shape index (κ1) is 18.3. The molecule has 0 aliphatic heterocycles. The molecule has 0 atom stereocenters. The fraction of sp³-hybridized carbons (Fsp3) is 0.222. The largest absolute Gasteiger partial charge is 0.497 e. The highest BCUT2D eigenvalue weighted by Crippen LogP contribution is 2.11. The minimum absolute atomic E-state index is 0.141. The van der Waals surface area contributed by atoms with Gasteiger partial charge in [0.1, 0.15) is 18.1 Å². The van der Waals surface area contributed by atoms with E-state index in [9.17, 15) is 9.18 Å². The summed E-state index contributed by atoms with van der Waals surface area (Å²) in [6.45, 7) is 0.449. The van der Waals surface area contributed by atoms with E-state index in [1.54, 1.807) is 13.2 Å². The molecular weight excluding hydrogens is 323 g/mol. The van der Waals surface area contributed by atoms with Crippen molar-refractivity contribution in [3.8, 4) is 5.75 Å². The summed E-state index contributed by atoms with van der Waals surface area (Å²) in [6.07, 6.45) is 0.760. The third kappa shape index (κ3) is 6.50. The predicted molar refractivity (Wildman–Crippen MR) is 96.2 cm³/mol. The second kappa shape index (κ2) is 9.27. The number of amides is 1. The van der Waals surface area contributed by atoms with Crippen LogP contribution in [0.4, 0.5) is 10.1 Å². The number of carbonyl (C=O) groups excluding carboxylic acids is 1. The van der Waals surface area contributed by atoms with Crippen LogP contribution in [0.5, 0.6) is 5.75 Å². The van der Waals surface area contributed by atoms with Crippen LogP contribution in [0.2, 0.25) is 0 Å². The van der Waals surface area contributed by atoms with Crippen LogP contribution in [-0.4, -0.2) is 32.1 Å². The van der Waals surface area contributed by atoms with Gasteiger partial charge in [-0.2, -0.15) is 0 Å². The summed E-state index contributed by atoms with van der Waals surface area (Å²) < 4.78 is 18.1. The van der Waals surface area contributed by atoms with Gasteiger partial charge < -0.3 is 21.1 Å². The van der Waals surface area contributed by atoms with Crippen LogP contribution in [0.25, 0.3) is 0 Å². The van der Waals surface area contributed by atoms with Crippen LogP contribution in [0.3, 0.4) is 0 Å². The Morgan fingerprint density at radius 2 is 2.00 bits per heavy atom. The molecule has 7 heteroatoms. The lowest BCUT2D eigenvalue weighted by atomic mass is 10.1. The van der Waals surface area contributed by atoms with Gasteiger partial charge >= 0.3 is 0 Å². The van der Waals surface area contributed by atoms with Crippen molar-refractivity contribution < 1.29 is 13.9 Å². The Kier molecular flexibility index (Phi) is 6.76. The minimum Gasteiger partial charge on any atom is -0.497 e. The number of nitrogens with zero attached hydrogens (tertiary/aromatic N) is 1. The Morgan fingerprint density at radius 1 is 1.24 bits per heavy atom. The van der Waals surface area contributed by atoms with E-state index in [1.165, 1.54) is 18.2 Å². The van der Waals surface area contributed by atoms with Crippen molar-refractivity contribution in [1.29, 1.82) is 0 Å². The van der Waals surface area contributed by atoms with E-state index < -0.39 is 5.82 Å². The van der Waals surface area contributed by atoms with E-state index in [0.29, 0.717) is 12.2 Å². The number of hydrogen-bond donors (Lipinski definition) is 3. The van der Waals surface area contributed by atoms with Gasteiger partial charge in [0.2, 0.25) is 5.91 Å². The first-order chi connectivity index (χ1) is 12.1. The number of hydrogen-bond acceptors (Lipinski definition) is 3. The molecule has 0 bridgehead atoms. The summed E-state index contributed by atoms with van der Waals surface area (Å²) >= 11 is 0. The Hall–Kier alpha value is -3.09. The molecule has 132 valence electrons. The topological polar surface area (TPSA) is 88.7 Å². The standard InChI is InChI=1S/C18H21FN4O2/c1-25-16-7-5-13(6-8-16)9-10-21-18(20)22-12-17(24)23-15-4-2-3-14(19)11-15/h2-8,11H,9-10,12H2,1H3,(H,23,24)(H3,20,21,22). The monoisotopic (exact) mass is 344 g/mol. The SMILES string of the molecule is COc1ccc(CCNC(N)=NCC(=O)Nc2cccc(F)c2)cc1. The number of nitrogens with two attached hydrogens (primary N) is 1. The van der Waals surface area contributed by atoms with Crippen molar-refractivity contribution in [2.45, 2.75) is 6.42 Å². The number of anilines is 1. The quantitative estimate of drug-likeness (QED) is 0.529. The van der Waals surface area contributed by atoms with Crippen molar-refractivity contribution in [2.24, 2.45) is 10.7 Å². The summed E-state index contributed by atoms with van der Waals surface area (Å²) in [5, 5.41) is 5.49. The average Bonchev–Trinajstić information content (AvgIpc) is 2.60. The fourth-order valence-corrected chi connectivity index (χ4v) is 2.11. The second-order valence-corrected chi connectivity index (χ2v) is 5.28. The van der Waals surface area contributed by atoms with Crippen molar-refractivity contribution in [3.63, 3.8) is 0 Å². The zero-order chi connectivity index (χ0) is 18.1. The molecule has 0 radical (unpaired) electrons. The highest BCUT2D eigenvalue weighted by atomic mass is 19.1. The molecule has 2 aromatic rings. The van der Waals surface area contributed by atoms with Gasteiger partial charge in [0.25, 0.3) is 0 Å². The Morgan fingerprint density at radius 3 is 2.68 bits per heavy atom. The van der Waals surface area contributed by atoms with Crippen molar-refractivity contribution in [1.82, 2.24) is 5.32 Å². The number of aliphatic imine (C=N–C) groups is 1. The normalized spacial score (nSPS) is 11.0. The van der Waals surface area contributed by atoms with Gasteiger partial charge in [-0.3, -0.25) is 4.79 Å². The summed E-state index contributed by atoms with van der Waals surface area (Å²) in [7, 11) is 1.62. The van der Waals surface area contributed by atoms with E-state index in [0.717, 1.165) is 17.7 Å². The maximum absolute atomic E-state index is 13.0. The molecule has 0 aliphatic carbocycles. The van der Waals surface area contributed by atoms with Gasteiger partial charge in [0, 0.05) is 12.2 Å². The molecule has 4 N–H and O–H groups in total. The maximum atomic E-state index is 13.0. The van der Waals surface area contributed by atoms with Gasteiger partial charge in [-0.25, -0.2) is 9.38 Å². The number of carbonyl (C=O) groups is 1. The third-order valence-electron chi connectivity index (χ3n) is 3.38. The van der Waals surface area contributed by atoms with Crippen LogP contribution >= 0.6 is 0 Å². The highest BCUT2D eigenvalue weighted by molar-refractivity contribution is 5.93. The van der Waals surface area contributed by atoms with Crippen molar-refractivity contribution >= 4 is 17.6 Å². The minimum atomic E-state index is -0.416. The third-order valence-corrected chi connectivity index (χ3v) is 3.38. The Labute approximate surface area is 145 Å². The van der Waals surface area contributed by atoms with Gasteiger partial charge in [0.15, 0.2) is 5.96 Å². The molecule has 0 saturated heterocycles. The van der Waals surface area contributed by atoms with Gasteiger partial charge in [-0.05, 0) is 42.3 Å². The smallest absolute Gasteiger partial charge is 0.246 e. The number of guanidine groups is 1. The van der Waals surface area contributed by atoms with E-state index in [1.807, 2.05) is 24.3 Å². The highest BCUT2D eigenvalue weighted by Gasteiger charge is 2.03. The summed E-state index contributed by atoms with van der Waals surface area (Å²) in [4.78, 5) is 15.7. The molecule has 0 aliphatic rings. The molecule has 25 heavy (non-hydrogen) atoms. The number of halogens is 1.